The van der Waals surface area contributed by atoms with Crippen LogP contribution in [0, 0.1) is 6.92 Å². The molecule has 78 valence electrons. The predicted molar refractivity (Wildman–Crippen MR) is 61.2 cm³/mol. The number of methoxy groups -OCH3 is 1. The minimum absolute atomic E-state index is 0.565. The first kappa shape index (κ1) is 11.1. The van der Waals surface area contributed by atoms with Gasteiger partial charge in [0.1, 0.15) is 5.75 Å². The van der Waals surface area contributed by atoms with Gasteiger partial charge >= 0.3 is 0 Å². The Labute approximate surface area is 87.1 Å². The van der Waals surface area contributed by atoms with Crippen molar-refractivity contribution in [2.24, 2.45) is 0 Å². The van der Waals surface area contributed by atoms with E-state index < -0.39 is 0 Å². The molecule has 0 aliphatic rings. The Kier molecular flexibility index (Phi) is 3.56. The van der Waals surface area contributed by atoms with Gasteiger partial charge in [-0.05, 0) is 42.0 Å². The molecule has 0 atom stereocenters. The highest BCUT2D eigenvalue weighted by Gasteiger charge is 2.09. The molecule has 0 amide bonds. The first-order valence-corrected chi connectivity index (χ1v) is 5.27. The van der Waals surface area contributed by atoms with Crippen molar-refractivity contribution in [1.29, 1.82) is 0 Å². The molecule has 0 unspecified atom stereocenters. The number of aryl methyl sites for hydroxylation is 1. The second-order valence-corrected chi connectivity index (χ2v) is 4.02. The SMILES string of the molecule is CCc1cc(OC)c(C)c(C(C)C)c1. The minimum Gasteiger partial charge on any atom is -0.496 e. The first-order chi connectivity index (χ1) is 6.60. The van der Waals surface area contributed by atoms with Gasteiger partial charge in [-0.3, -0.25) is 0 Å². The lowest BCUT2D eigenvalue weighted by atomic mass is 9.94. The normalized spacial score (nSPS) is 10.7. The van der Waals surface area contributed by atoms with E-state index in [-0.39, 0.29) is 0 Å². The maximum Gasteiger partial charge on any atom is 0.122 e. The van der Waals surface area contributed by atoms with Crippen molar-refractivity contribution in [3.63, 3.8) is 0 Å². The van der Waals surface area contributed by atoms with E-state index in [2.05, 4.69) is 39.8 Å². The van der Waals surface area contributed by atoms with Crippen molar-refractivity contribution in [1.82, 2.24) is 0 Å². The Bertz CT molecular complexity index is 313. The molecule has 1 rings (SSSR count). The van der Waals surface area contributed by atoms with Crippen molar-refractivity contribution in [3.8, 4) is 5.75 Å². The summed E-state index contributed by atoms with van der Waals surface area (Å²) in [6, 6.07) is 4.43. The lowest BCUT2D eigenvalue weighted by Gasteiger charge is -2.15. The van der Waals surface area contributed by atoms with Crippen LogP contribution in [0.4, 0.5) is 0 Å². The Morgan fingerprint density at radius 1 is 1.29 bits per heavy atom. The van der Waals surface area contributed by atoms with Crippen LogP contribution in [0.3, 0.4) is 0 Å². The second-order valence-electron chi connectivity index (χ2n) is 4.02. The average Bonchev–Trinajstić information content (AvgIpc) is 2.17. The molecule has 0 bridgehead atoms. The fourth-order valence-electron chi connectivity index (χ4n) is 1.78. The number of hydrogen-bond acceptors (Lipinski definition) is 1. The van der Waals surface area contributed by atoms with Gasteiger partial charge in [0.05, 0.1) is 7.11 Å². The van der Waals surface area contributed by atoms with Crippen LogP contribution in [0.1, 0.15) is 43.4 Å². The van der Waals surface area contributed by atoms with E-state index >= 15 is 0 Å². The maximum absolute atomic E-state index is 5.38. The summed E-state index contributed by atoms with van der Waals surface area (Å²) < 4.78 is 5.38. The fraction of sp³-hybridized carbons (Fsp3) is 0.538. The van der Waals surface area contributed by atoms with Crippen LogP contribution in [0.5, 0.6) is 5.75 Å². The van der Waals surface area contributed by atoms with Crippen molar-refractivity contribution in [2.75, 3.05) is 7.11 Å². The van der Waals surface area contributed by atoms with Gasteiger partial charge in [0.15, 0.2) is 0 Å². The van der Waals surface area contributed by atoms with Crippen LogP contribution in [-0.4, -0.2) is 7.11 Å². The molecule has 0 fully saturated rings. The van der Waals surface area contributed by atoms with Crippen molar-refractivity contribution < 1.29 is 4.74 Å². The standard InChI is InChI=1S/C13H20O/c1-6-11-7-12(9(2)3)10(4)13(8-11)14-5/h7-9H,6H2,1-5H3. The number of rotatable bonds is 3. The van der Waals surface area contributed by atoms with Crippen molar-refractivity contribution >= 4 is 0 Å². The average molecular weight is 192 g/mol. The number of ether oxygens (including phenoxy) is 1. The van der Waals surface area contributed by atoms with E-state index in [0.29, 0.717) is 5.92 Å². The van der Waals surface area contributed by atoms with Gasteiger partial charge in [0.2, 0.25) is 0 Å². The monoisotopic (exact) mass is 192 g/mol. The van der Waals surface area contributed by atoms with Crippen molar-refractivity contribution in [2.45, 2.75) is 40.0 Å². The summed E-state index contributed by atoms with van der Waals surface area (Å²) in [5.41, 5.74) is 4.04. The molecule has 0 aliphatic heterocycles. The molecule has 1 aromatic rings. The highest BCUT2D eigenvalue weighted by molar-refractivity contribution is 5.44. The summed E-state index contributed by atoms with van der Waals surface area (Å²) >= 11 is 0. The van der Waals surface area contributed by atoms with Crippen molar-refractivity contribution in [3.05, 3.63) is 28.8 Å². The summed E-state index contributed by atoms with van der Waals surface area (Å²) in [4.78, 5) is 0. The minimum atomic E-state index is 0.565. The maximum atomic E-state index is 5.38. The molecule has 1 aromatic carbocycles. The molecule has 0 N–H and O–H groups in total. The Morgan fingerprint density at radius 2 is 1.93 bits per heavy atom. The zero-order chi connectivity index (χ0) is 10.7. The highest BCUT2D eigenvalue weighted by atomic mass is 16.5. The third-order valence-electron chi connectivity index (χ3n) is 2.71. The lowest BCUT2D eigenvalue weighted by molar-refractivity contribution is 0.410. The van der Waals surface area contributed by atoms with Crippen LogP contribution in [0.15, 0.2) is 12.1 Å². The second kappa shape index (κ2) is 4.50. The van der Waals surface area contributed by atoms with Gasteiger partial charge in [-0.15, -0.1) is 0 Å². The van der Waals surface area contributed by atoms with E-state index in [1.54, 1.807) is 7.11 Å². The zero-order valence-corrected chi connectivity index (χ0v) is 9.85. The van der Waals surface area contributed by atoms with Crippen LogP contribution >= 0.6 is 0 Å². The molecule has 0 aromatic heterocycles. The Morgan fingerprint density at radius 3 is 2.36 bits per heavy atom. The molecule has 0 heterocycles. The summed E-state index contributed by atoms with van der Waals surface area (Å²) in [7, 11) is 1.74. The topological polar surface area (TPSA) is 9.23 Å². The molecule has 0 saturated carbocycles. The van der Waals surface area contributed by atoms with Gasteiger partial charge in [-0.25, -0.2) is 0 Å². The smallest absolute Gasteiger partial charge is 0.122 e. The number of benzene rings is 1. The van der Waals surface area contributed by atoms with Crippen LogP contribution in [-0.2, 0) is 6.42 Å². The molecular weight excluding hydrogens is 172 g/mol. The van der Waals surface area contributed by atoms with E-state index in [0.717, 1.165) is 12.2 Å². The molecule has 14 heavy (non-hydrogen) atoms. The molecule has 0 radical (unpaired) electrons. The molecule has 0 spiro atoms. The van der Waals surface area contributed by atoms with Gasteiger partial charge < -0.3 is 4.74 Å². The Hall–Kier alpha value is -0.980. The molecular formula is C13H20O. The fourth-order valence-corrected chi connectivity index (χ4v) is 1.78. The largest absolute Gasteiger partial charge is 0.496 e. The summed E-state index contributed by atoms with van der Waals surface area (Å²) in [6.07, 6.45) is 1.07. The molecule has 0 saturated heterocycles. The summed E-state index contributed by atoms with van der Waals surface area (Å²) in [5.74, 6) is 1.59. The molecule has 1 heteroatoms. The van der Waals surface area contributed by atoms with Crippen LogP contribution < -0.4 is 4.74 Å². The highest BCUT2D eigenvalue weighted by Crippen LogP contribution is 2.29. The summed E-state index contributed by atoms with van der Waals surface area (Å²) in [6.45, 7) is 8.75. The molecule has 1 nitrogen and oxygen atoms in total. The van der Waals surface area contributed by atoms with Gasteiger partial charge in [-0.1, -0.05) is 26.8 Å². The number of hydrogen-bond donors (Lipinski definition) is 0. The Balaban J connectivity index is 3.27. The van der Waals surface area contributed by atoms with E-state index in [1.807, 2.05) is 0 Å². The zero-order valence-electron chi connectivity index (χ0n) is 9.85. The summed E-state index contributed by atoms with van der Waals surface area (Å²) in [5, 5.41) is 0. The predicted octanol–water partition coefficient (Wildman–Crippen LogP) is 3.69. The third kappa shape index (κ3) is 2.09. The van der Waals surface area contributed by atoms with Gasteiger partial charge in [-0.2, -0.15) is 0 Å². The van der Waals surface area contributed by atoms with E-state index in [1.165, 1.54) is 16.7 Å². The lowest BCUT2D eigenvalue weighted by Crippen LogP contribution is -1.98. The van der Waals surface area contributed by atoms with E-state index in [4.69, 9.17) is 4.74 Å². The molecule has 0 aliphatic carbocycles. The quantitative estimate of drug-likeness (QED) is 0.709. The first-order valence-electron chi connectivity index (χ1n) is 5.27. The third-order valence-corrected chi connectivity index (χ3v) is 2.71. The van der Waals surface area contributed by atoms with E-state index in [9.17, 15) is 0 Å². The van der Waals surface area contributed by atoms with Crippen LogP contribution in [0.25, 0.3) is 0 Å². The van der Waals surface area contributed by atoms with Crippen LogP contribution in [0.2, 0.25) is 0 Å². The van der Waals surface area contributed by atoms with Gasteiger partial charge in [0, 0.05) is 0 Å². The van der Waals surface area contributed by atoms with Gasteiger partial charge in [0.25, 0.3) is 0 Å².